The fraction of sp³-hybridized carbons (Fsp3) is 0.0556. The molecular formula is C18H15N7. The number of anilines is 2. The Labute approximate surface area is 144 Å². The van der Waals surface area contributed by atoms with Crippen LogP contribution in [0.5, 0.6) is 0 Å². The van der Waals surface area contributed by atoms with Crippen LogP contribution < -0.4 is 5.32 Å². The molecule has 0 saturated heterocycles. The molecule has 0 fully saturated rings. The molecule has 7 heteroatoms. The maximum atomic E-state index is 4.41. The number of benzene rings is 1. The minimum Gasteiger partial charge on any atom is -0.354 e. The van der Waals surface area contributed by atoms with Gasteiger partial charge in [0.1, 0.15) is 5.69 Å². The molecule has 0 spiro atoms. The molecule has 0 atom stereocenters. The second kappa shape index (κ2) is 6.48. The van der Waals surface area contributed by atoms with E-state index < -0.39 is 0 Å². The number of pyridine rings is 2. The lowest BCUT2D eigenvalue weighted by atomic mass is 10.2. The average Bonchev–Trinajstić information content (AvgIpc) is 3.15. The Hall–Kier alpha value is -3.61. The molecule has 0 aliphatic rings. The third-order valence-electron chi connectivity index (χ3n) is 3.67. The normalized spacial score (nSPS) is 10.6. The molecular weight excluding hydrogens is 314 g/mol. The fourth-order valence-corrected chi connectivity index (χ4v) is 2.40. The maximum absolute atomic E-state index is 4.41. The van der Waals surface area contributed by atoms with Crippen molar-refractivity contribution in [1.29, 1.82) is 0 Å². The molecule has 0 amide bonds. The Morgan fingerprint density at radius 2 is 1.84 bits per heavy atom. The van der Waals surface area contributed by atoms with Gasteiger partial charge in [0, 0.05) is 18.1 Å². The van der Waals surface area contributed by atoms with Crippen LogP contribution in [0.1, 0.15) is 5.69 Å². The largest absolute Gasteiger partial charge is 0.354 e. The summed E-state index contributed by atoms with van der Waals surface area (Å²) in [6.45, 7) is 1.96. The molecule has 0 saturated carbocycles. The van der Waals surface area contributed by atoms with Crippen molar-refractivity contribution in [1.82, 2.24) is 30.2 Å². The summed E-state index contributed by atoms with van der Waals surface area (Å²) in [5, 5.41) is 16.0. The number of nitrogens with one attached hydrogen (secondary N) is 1. The molecule has 7 nitrogen and oxygen atoms in total. The first-order valence-electron chi connectivity index (χ1n) is 7.80. The SMILES string of the molecule is Cc1ncccc1Nc1cccc(-n2nnc(-c3ccccn3)n2)c1. The molecule has 122 valence electrons. The van der Waals surface area contributed by atoms with Gasteiger partial charge in [0.2, 0.25) is 5.82 Å². The van der Waals surface area contributed by atoms with Gasteiger partial charge < -0.3 is 5.32 Å². The second-order valence-electron chi connectivity index (χ2n) is 5.43. The average molecular weight is 329 g/mol. The number of aromatic nitrogens is 6. The van der Waals surface area contributed by atoms with E-state index in [9.17, 15) is 0 Å². The van der Waals surface area contributed by atoms with Crippen molar-refractivity contribution in [3.05, 3.63) is 72.7 Å². The first-order chi connectivity index (χ1) is 12.3. The lowest BCUT2D eigenvalue weighted by Crippen LogP contribution is -2.01. The van der Waals surface area contributed by atoms with Crippen molar-refractivity contribution >= 4 is 11.4 Å². The second-order valence-corrected chi connectivity index (χ2v) is 5.43. The van der Waals surface area contributed by atoms with E-state index in [-0.39, 0.29) is 0 Å². The van der Waals surface area contributed by atoms with E-state index in [1.807, 2.05) is 61.5 Å². The molecule has 3 heterocycles. The van der Waals surface area contributed by atoms with E-state index in [2.05, 4.69) is 30.7 Å². The van der Waals surface area contributed by atoms with Crippen LogP contribution in [0.3, 0.4) is 0 Å². The summed E-state index contributed by atoms with van der Waals surface area (Å²) in [5.74, 6) is 0.488. The van der Waals surface area contributed by atoms with Crippen molar-refractivity contribution in [3.63, 3.8) is 0 Å². The number of tetrazole rings is 1. The zero-order valence-electron chi connectivity index (χ0n) is 13.5. The van der Waals surface area contributed by atoms with E-state index >= 15 is 0 Å². The van der Waals surface area contributed by atoms with Gasteiger partial charge in [-0.2, -0.15) is 0 Å². The van der Waals surface area contributed by atoms with Gasteiger partial charge >= 0.3 is 0 Å². The van der Waals surface area contributed by atoms with Crippen molar-refractivity contribution < 1.29 is 0 Å². The van der Waals surface area contributed by atoms with Crippen LogP contribution >= 0.6 is 0 Å². The first-order valence-corrected chi connectivity index (χ1v) is 7.80. The molecule has 0 unspecified atom stereocenters. The zero-order chi connectivity index (χ0) is 17.1. The lowest BCUT2D eigenvalue weighted by Gasteiger charge is -2.09. The summed E-state index contributed by atoms with van der Waals surface area (Å²) in [6.07, 6.45) is 3.48. The smallest absolute Gasteiger partial charge is 0.223 e. The Morgan fingerprint density at radius 3 is 2.68 bits per heavy atom. The molecule has 1 N–H and O–H groups in total. The highest BCUT2D eigenvalue weighted by atomic mass is 15.6. The van der Waals surface area contributed by atoms with Crippen molar-refractivity contribution in [2.75, 3.05) is 5.32 Å². The molecule has 1 aromatic carbocycles. The summed E-state index contributed by atoms with van der Waals surface area (Å²) < 4.78 is 0. The molecule has 25 heavy (non-hydrogen) atoms. The number of hydrogen-bond donors (Lipinski definition) is 1. The first kappa shape index (κ1) is 14.9. The predicted molar refractivity (Wildman–Crippen MR) is 94.6 cm³/mol. The van der Waals surface area contributed by atoms with Gasteiger partial charge in [0.05, 0.1) is 17.1 Å². The molecule has 4 aromatic rings. The summed E-state index contributed by atoms with van der Waals surface area (Å²) >= 11 is 0. The van der Waals surface area contributed by atoms with Gasteiger partial charge in [-0.3, -0.25) is 9.97 Å². The fourth-order valence-electron chi connectivity index (χ4n) is 2.40. The van der Waals surface area contributed by atoms with Crippen LogP contribution in [0.15, 0.2) is 67.0 Å². The Balaban J connectivity index is 1.62. The maximum Gasteiger partial charge on any atom is 0.223 e. The number of aryl methyl sites for hydroxylation is 1. The van der Waals surface area contributed by atoms with Crippen LogP contribution in [-0.2, 0) is 0 Å². The summed E-state index contributed by atoms with van der Waals surface area (Å²) in [4.78, 5) is 10.0. The number of hydrogen-bond acceptors (Lipinski definition) is 6. The van der Waals surface area contributed by atoms with Crippen LogP contribution in [0.4, 0.5) is 11.4 Å². The van der Waals surface area contributed by atoms with Crippen molar-refractivity contribution in [2.24, 2.45) is 0 Å². The standard InChI is InChI=1S/C18H15N7/c1-13-16(9-5-11-19-13)21-14-6-4-7-15(12-14)25-23-18(22-24-25)17-8-2-3-10-20-17/h2-12,21H,1H3. The van der Waals surface area contributed by atoms with Crippen molar-refractivity contribution in [3.8, 4) is 17.2 Å². The third kappa shape index (κ3) is 3.20. The molecule has 4 rings (SSSR count). The number of nitrogens with zero attached hydrogens (tertiary/aromatic N) is 6. The van der Waals surface area contributed by atoms with Crippen molar-refractivity contribution in [2.45, 2.75) is 6.92 Å². The van der Waals surface area contributed by atoms with Gasteiger partial charge in [-0.1, -0.05) is 12.1 Å². The minimum atomic E-state index is 0.488. The molecule has 0 radical (unpaired) electrons. The predicted octanol–water partition coefficient (Wildman–Crippen LogP) is 3.17. The molecule has 0 aliphatic heterocycles. The summed E-state index contributed by atoms with van der Waals surface area (Å²) in [5.41, 5.74) is 4.31. The minimum absolute atomic E-state index is 0.488. The highest BCUT2D eigenvalue weighted by Gasteiger charge is 2.08. The van der Waals surface area contributed by atoms with Gasteiger partial charge in [-0.25, -0.2) is 0 Å². The Morgan fingerprint density at radius 1 is 0.920 bits per heavy atom. The Bertz CT molecular complexity index is 995. The van der Waals surface area contributed by atoms with Gasteiger partial charge in [-0.05, 0) is 54.6 Å². The van der Waals surface area contributed by atoms with Gasteiger partial charge in [0.25, 0.3) is 0 Å². The third-order valence-corrected chi connectivity index (χ3v) is 3.67. The molecule has 0 bridgehead atoms. The van der Waals surface area contributed by atoms with Crippen LogP contribution in [0.25, 0.3) is 17.2 Å². The van der Waals surface area contributed by atoms with E-state index in [0.29, 0.717) is 11.5 Å². The van der Waals surface area contributed by atoms with Crippen LogP contribution in [0.2, 0.25) is 0 Å². The van der Waals surface area contributed by atoms with E-state index in [1.165, 1.54) is 4.80 Å². The van der Waals surface area contributed by atoms with E-state index in [0.717, 1.165) is 22.8 Å². The topological polar surface area (TPSA) is 81.4 Å². The van der Waals surface area contributed by atoms with Crippen LogP contribution in [-0.4, -0.2) is 30.2 Å². The number of rotatable bonds is 4. The highest BCUT2D eigenvalue weighted by molar-refractivity contribution is 5.63. The quantitative estimate of drug-likeness (QED) is 0.619. The Kier molecular flexibility index (Phi) is 3.88. The zero-order valence-corrected chi connectivity index (χ0v) is 13.5. The lowest BCUT2D eigenvalue weighted by molar-refractivity contribution is 0.720. The van der Waals surface area contributed by atoms with Gasteiger partial charge in [-0.15, -0.1) is 15.0 Å². The highest BCUT2D eigenvalue weighted by Crippen LogP contribution is 2.21. The molecule has 0 aliphatic carbocycles. The summed E-state index contributed by atoms with van der Waals surface area (Å²) in [7, 11) is 0. The summed E-state index contributed by atoms with van der Waals surface area (Å²) in [6, 6.07) is 17.3. The van der Waals surface area contributed by atoms with E-state index in [1.54, 1.807) is 12.4 Å². The van der Waals surface area contributed by atoms with Crippen LogP contribution in [0, 0.1) is 6.92 Å². The molecule has 3 aromatic heterocycles. The van der Waals surface area contributed by atoms with E-state index in [4.69, 9.17) is 0 Å². The van der Waals surface area contributed by atoms with Gasteiger partial charge in [0.15, 0.2) is 0 Å². The monoisotopic (exact) mass is 329 g/mol.